The zero-order valence-electron chi connectivity index (χ0n) is 10.7. The number of hydrogen-bond donors (Lipinski definition) is 2. The summed E-state index contributed by atoms with van der Waals surface area (Å²) in [5, 5.41) is 13.3. The largest absolute Gasteiger partial charge is 0.392 e. The summed E-state index contributed by atoms with van der Waals surface area (Å²) in [6.07, 6.45) is 3.51. The van der Waals surface area contributed by atoms with Crippen LogP contribution in [0.5, 0.6) is 0 Å². The average Bonchev–Trinajstić information content (AvgIpc) is 2.65. The van der Waals surface area contributed by atoms with Crippen LogP contribution in [0.3, 0.4) is 0 Å². The van der Waals surface area contributed by atoms with Gasteiger partial charge >= 0.3 is 0 Å². The normalized spacial score (nSPS) is 33.0. The Hall–Kier alpha value is -0.910. The maximum atomic E-state index is 12.1. The van der Waals surface area contributed by atoms with Crippen molar-refractivity contribution in [2.24, 2.45) is 0 Å². The van der Waals surface area contributed by atoms with Crippen molar-refractivity contribution in [2.45, 2.75) is 48.8 Å². The minimum Gasteiger partial charge on any atom is -0.392 e. The van der Waals surface area contributed by atoms with E-state index in [1.807, 2.05) is 12.1 Å². The molecule has 1 aliphatic heterocycles. The van der Waals surface area contributed by atoms with Gasteiger partial charge in [0.1, 0.15) is 0 Å². The average molecular weight is 281 g/mol. The second-order valence-corrected chi connectivity index (χ2v) is 7.50. The highest BCUT2D eigenvalue weighted by atomic mass is 32.2. The predicted octanol–water partition coefficient (Wildman–Crippen LogP) is 1.41. The second-order valence-electron chi connectivity index (χ2n) is 5.50. The molecule has 3 unspecified atom stereocenters. The Labute approximate surface area is 113 Å². The Kier molecular flexibility index (Phi) is 3.37. The van der Waals surface area contributed by atoms with E-state index in [2.05, 4.69) is 5.32 Å². The number of sulfone groups is 1. The standard InChI is InChI=1S/C14H19NO3S/c16-13-7-3-2-6-11(13)15-12-9-19(17,18)14-8-4-1-5-10(12)14/h1,4-5,8,11-13,15-16H,2-3,6-7,9H2. The van der Waals surface area contributed by atoms with Crippen LogP contribution in [-0.4, -0.2) is 31.4 Å². The zero-order chi connectivity index (χ0) is 13.5. The molecule has 1 aromatic carbocycles. The number of nitrogens with one attached hydrogen (secondary N) is 1. The number of benzene rings is 1. The van der Waals surface area contributed by atoms with Gasteiger partial charge in [-0.1, -0.05) is 31.0 Å². The molecule has 1 heterocycles. The molecular formula is C14H19NO3S. The van der Waals surface area contributed by atoms with Crippen molar-refractivity contribution in [3.05, 3.63) is 29.8 Å². The van der Waals surface area contributed by atoms with E-state index in [-0.39, 0.29) is 23.9 Å². The minimum atomic E-state index is -3.17. The molecule has 0 bridgehead atoms. The van der Waals surface area contributed by atoms with Crippen LogP contribution < -0.4 is 5.32 Å². The van der Waals surface area contributed by atoms with E-state index in [4.69, 9.17) is 0 Å². The third-order valence-corrected chi connectivity index (χ3v) is 5.97. The number of rotatable bonds is 2. The molecule has 1 fully saturated rings. The van der Waals surface area contributed by atoms with Gasteiger partial charge < -0.3 is 10.4 Å². The lowest BCUT2D eigenvalue weighted by Crippen LogP contribution is -2.44. The highest BCUT2D eigenvalue weighted by Crippen LogP contribution is 2.34. The van der Waals surface area contributed by atoms with Crippen molar-refractivity contribution in [1.82, 2.24) is 5.32 Å². The Morgan fingerprint density at radius 2 is 1.89 bits per heavy atom. The first-order valence-corrected chi connectivity index (χ1v) is 8.49. The van der Waals surface area contributed by atoms with Gasteiger partial charge in [0.2, 0.25) is 0 Å². The quantitative estimate of drug-likeness (QED) is 0.860. The molecule has 1 aromatic rings. The Bertz CT molecular complexity index is 570. The summed E-state index contributed by atoms with van der Waals surface area (Å²) in [7, 11) is -3.17. The molecule has 104 valence electrons. The maximum absolute atomic E-state index is 12.1. The molecule has 0 saturated heterocycles. The first-order valence-electron chi connectivity index (χ1n) is 6.84. The summed E-state index contributed by atoms with van der Waals surface area (Å²) in [5.41, 5.74) is 0.847. The molecule has 0 radical (unpaired) electrons. The van der Waals surface area contributed by atoms with Crippen molar-refractivity contribution in [3.8, 4) is 0 Å². The molecule has 3 atom stereocenters. The fraction of sp³-hybridized carbons (Fsp3) is 0.571. The first kappa shape index (κ1) is 13.1. The van der Waals surface area contributed by atoms with E-state index >= 15 is 0 Å². The van der Waals surface area contributed by atoms with Crippen LogP contribution in [-0.2, 0) is 9.84 Å². The van der Waals surface area contributed by atoms with Gasteiger partial charge in [-0.05, 0) is 24.5 Å². The molecule has 0 aromatic heterocycles. The van der Waals surface area contributed by atoms with Gasteiger partial charge in [0.15, 0.2) is 9.84 Å². The maximum Gasteiger partial charge on any atom is 0.180 e. The molecule has 1 aliphatic carbocycles. The van der Waals surface area contributed by atoms with Crippen molar-refractivity contribution >= 4 is 9.84 Å². The lowest BCUT2D eigenvalue weighted by atomic mass is 9.91. The van der Waals surface area contributed by atoms with Gasteiger partial charge in [-0.25, -0.2) is 8.42 Å². The third-order valence-electron chi connectivity index (χ3n) is 4.16. The predicted molar refractivity (Wildman–Crippen MR) is 72.6 cm³/mol. The van der Waals surface area contributed by atoms with Crippen LogP contribution in [0, 0.1) is 0 Å². The van der Waals surface area contributed by atoms with Crippen molar-refractivity contribution < 1.29 is 13.5 Å². The van der Waals surface area contributed by atoms with Crippen molar-refractivity contribution in [1.29, 1.82) is 0 Å². The summed E-state index contributed by atoms with van der Waals surface area (Å²) in [6.45, 7) is 0. The smallest absolute Gasteiger partial charge is 0.180 e. The number of fused-ring (bicyclic) bond motifs is 1. The number of aliphatic hydroxyl groups excluding tert-OH is 1. The number of hydrogen-bond acceptors (Lipinski definition) is 4. The van der Waals surface area contributed by atoms with Crippen LogP contribution in [0.25, 0.3) is 0 Å². The number of aliphatic hydroxyl groups is 1. The van der Waals surface area contributed by atoms with E-state index < -0.39 is 9.84 Å². The second kappa shape index (κ2) is 4.89. The highest BCUT2D eigenvalue weighted by Gasteiger charge is 2.36. The van der Waals surface area contributed by atoms with Crippen LogP contribution in [0.4, 0.5) is 0 Å². The molecule has 0 amide bonds. The van der Waals surface area contributed by atoms with E-state index in [9.17, 15) is 13.5 Å². The fourth-order valence-corrected chi connectivity index (χ4v) is 4.90. The summed E-state index contributed by atoms with van der Waals surface area (Å²) in [4.78, 5) is 0.442. The summed E-state index contributed by atoms with van der Waals surface area (Å²) in [6, 6.07) is 7.00. The molecular weight excluding hydrogens is 262 g/mol. The molecule has 3 rings (SSSR count). The lowest BCUT2D eigenvalue weighted by Gasteiger charge is -2.31. The molecule has 2 N–H and O–H groups in total. The van der Waals surface area contributed by atoms with Crippen molar-refractivity contribution in [2.75, 3.05) is 5.75 Å². The fourth-order valence-electron chi connectivity index (χ4n) is 3.15. The van der Waals surface area contributed by atoms with E-state index in [1.54, 1.807) is 12.1 Å². The molecule has 0 spiro atoms. The van der Waals surface area contributed by atoms with Gasteiger partial charge in [-0.2, -0.15) is 0 Å². The Morgan fingerprint density at radius 3 is 2.68 bits per heavy atom. The Balaban J connectivity index is 1.84. The Morgan fingerprint density at radius 1 is 1.16 bits per heavy atom. The molecule has 5 heteroatoms. The van der Waals surface area contributed by atoms with Gasteiger partial charge in [-0.15, -0.1) is 0 Å². The van der Waals surface area contributed by atoms with Gasteiger partial charge in [0, 0.05) is 12.1 Å². The van der Waals surface area contributed by atoms with Crippen LogP contribution in [0.2, 0.25) is 0 Å². The van der Waals surface area contributed by atoms with E-state index in [1.165, 1.54) is 0 Å². The SMILES string of the molecule is O=S1(=O)CC(NC2CCCCC2O)c2ccccc21. The lowest BCUT2D eigenvalue weighted by molar-refractivity contribution is 0.0863. The minimum absolute atomic E-state index is 0.0140. The van der Waals surface area contributed by atoms with Crippen LogP contribution in [0.15, 0.2) is 29.2 Å². The highest BCUT2D eigenvalue weighted by molar-refractivity contribution is 7.91. The van der Waals surface area contributed by atoms with Gasteiger partial charge in [0.25, 0.3) is 0 Å². The molecule has 2 aliphatic rings. The third kappa shape index (κ3) is 2.42. The molecule has 1 saturated carbocycles. The zero-order valence-corrected chi connectivity index (χ0v) is 11.6. The first-order chi connectivity index (χ1) is 9.08. The van der Waals surface area contributed by atoms with Gasteiger partial charge in [-0.3, -0.25) is 0 Å². The molecule has 4 nitrogen and oxygen atoms in total. The van der Waals surface area contributed by atoms with Crippen LogP contribution >= 0.6 is 0 Å². The van der Waals surface area contributed by atoms with Crippen LogP contribution in [0.1, 0.15) is 37.3 Å². The van der Waals surface area contributed by atoms with E-state index in [0.717, 1.165) is 31.2 Å². The topological polar surface area (TPSA) is 66.4 Å². The molecule has 19 heavy (non-hydrogen) atoms. The van der Waals surface area contributed by atoms with E-state index in [0.29, 0.717) is 4.90 Å². The van der Waals surface area contributed by atoms with Gasteiger partial charge in [0.05, 0.1) is 16.8 Å². The summed E-state index contributed by atoms with van der Waals surface area (Å²) >= 11 is 0. The summed E-state index contributed by atoms with van der Waals surface area (Å²) in [5.74, 6) is 0.107. The van der Waals surface area contributed by atoms with Crippen molar-refractivity contribution in [3.63, 3.8) is 0 Å². The summed E-state index contributed by atoms with van der Waals surface area (Å²) < 4.78 is 24.2. The monoisotopic (exact) mass is 281 g/mol.